The molecular weight excluding hydrogens is 470 g/mol. The predicted octanol–water partition coefficient (Wildman–Crippen LogP) is 3.59. The molecule has 1 aromatic heterocycles. The topological polar surface area (TPSA) is 113 Å². The third-order valence-electron chi connectivity index (χ3n) is 5.58. The second kappa shape index (κ2) is 10.1. The van der Waals surface area contributed by atoms with Crippen molar-refractivity contribution in [3.63, 3.8) is 0 Å². The van der Waals surface area contributed by atoms with Gasteiger partial charge in [-0.05, 0) is 18.2 Å². The van der Waals surface area contributed by atoms with Gasteiger partial charge in [-0.2, -0.15) is 5.10 Å². The van der Waals surface area contributed by atoms with E-state index in [2.05, 4.69) is 10.1 Å². The van der Waals surface area contributed by atoms with Gasteiger partial charge in [-0.25, -0.2) is 18.4 Å². The van der Waals surface area contributed by atoms with Crippen molar-refractivity contribution in [2.75, 3.05) is 13.2 Å². The monoisotopic (exact) mass is 492 g/mol. The third kappa shape index (κ3) is 5.25. The van der Waals surface area contributed by atoms with Crippen LogP contribution in [0.2, 0.25) is 0 Å². The van der Waals surface area contributed by atoms with Gasteiger partial charge in [-0.15, -0.1) is 11.8 Å². The number of nitro benzene ring substituents is 1. The van der Waals surface area contributed by atoms with Gasteiger partial charge in [-0.1, -0.05) is 13.0 Å². The molecule has 2 atom stereocenters. The van der Waals surface area contributed by atoms with E-state index in [0.717, 1.165) is 12.1 Å². The highest BCUT2D eigenvalue weighted by atomic mass is 32.2. The Kier molecular flexibility index (Phi) is 7.22. The number of ether oxygens (including phenoxy) is 2. The molecule has 0 saturated carbocycles. The van der Waals surface area contributed by atoms with Crippen LogP contribution in [0, 0.1) is 21.7 Å². The average Bonchev–Trinajstić information content (AvgIpc) is 3.32. The fraction of sp³-hybridized carbons (Fsp3) is 0.364. The highest BCUT2D eigenvalue weighted by molar-refractivity contribution is 8.00. The van der Waals surface area contributed by atoms with E-state index in [1.165, 1.54) is 47.3 Å². The number of thioether (sulfide) groups is 1. The molecule has 0 aliphatic carbocycles. The second-order valence-corrected chi connectivity index (χ2v) is 9.53. The maximum absolute atomic E-state index is 14.7. The molecule has 34 heavy (non-hydrogen) atoms. The maximum atomic E-state index is 14.7. The lowest BCUT2D eigenvalue weighted by Gasteiger charge is -2.37. The number of benzene rings is 2. The Morgan fingerprint density at radius 3 is 2.56 bits per heavy atom. The number of nitrogens with zero attached hydrogens (tertiary/aromatic N) is 4. The molecule has 0 radical (unpaired) electrons. The van der Waals surface area contributed by atoms with Crippen molar-refractivity contribution in [2.24, 2.45) is 0 Å². The molecule has 1 aliphatic rings. The second-order valence-electron chi connectivity index (χ2n) is 7.89. The zero-order valence-electron chi connectivity index (χ0n) is 18.1. The number of nitro groups is 1. The Balaban J connectivity index is 1.45. The Bertz CT molecular complexity index is 1130. The molecule has 12 heteroatoms. The smallest absolute Gasteiger partial charge is 0.269 e. The summed E-state index contributed by atoms with van der Waals surface area (Å²) in [5.41, 5.74) is -1.16. The molecule has 0 unspecified atom stereocenters. The van der Waals surface area contributed by atoms with Gasteiger partial charge >= 0.3 is 0 Å². The first-order valence-electron chi connectivity index (χ1n) is 10.4. The molecule has 0 amide bonds. The predicted molar refractivity (Wildman–Crippen MR) is 119 cm³/mol. The van der Waals surface area contributed by atoms with Gasteiger partial charge in [0.05, 0.1) is 29.9 Å². The molecule has 180 valence electrons. The van der Waals surface area contributed by atoms with Crippen LogP contribution >= 0.6 is 11.8 Å². The molecule has 1 fully saturated rings. The molecule has 3 aromatic rings. The number of halogens is 2. The number of aliphatic hydroxyl groups is 1. The lowest BCUT2D eigenvalue weighted by Crippen LogP contribution is -2.43. The SMILES string of the molecule is C[C@@H](SC1COC(c2ccc([N+](=O)[O-])cc2)OC1)[C@](O)(Cn1cncn1)c1ccc(F)cc1F. The molecule has 0 bridgehead atoms. The maximum Gasteiger partial charge on any atom is 0.269 e. The van der Waals surface area contributed by atoms with Gasteiger partial charge in [0.1, 0.15) is 29.9 Å². The van der Waals surface area contributed by atoms with Crippen molar-refractivity contribution in [3.05, 3.63) is 88.0 Å². The van der Waals surface area contributed by atoms with Crippen LogP contribution in [-0.2, 0) is 21.6 Å². The van der Waals surface area contributed by atoms with Crippen molar-refractivity contribution < 1.29 is 28.3 Å². The first-order valence-corrected chi connectivity index (χ1v) is 11.3. The normalized spacial score (nSPS) is 21.1. The van der Waals surface area contributed by atoms with Gasteiger partial charge in [-0.3, -0.25) is 10.1 Å². The molecule has 1 N–H and O–H groups in total. The van der Waals surface area contributed by atoms with Crippen LogP contribution in [0.4, 0.5) is 14.5 Å². The van der Waals surface area contributed by atoms with Gasteiger partial charge in [0.2, 0.25) is 0 Å². The summed E-state index contributed by atoms with van der Waals surface area (Å²) in [6.45, 7) is 2.21. The van der Waals surface area contributed by atoms with Crippen LogP contribution in [0.25, 0.3) is 0 Å². The van der Waals surface area contributed by atoms with E-state index < -0.39 is 33.7 Å². The van der Waals surface area contributed by atoms with E-state index in [4.69, 9.17) is 9.47 Å². The van der Waals surface area contributed by atoms with Crippen molar-refractivity contribution in [1.82, 2.24) is 14.8 Å². The van der Waals surface area contributed by atoms with Crippen molar-refractivity contribution in [1.29, 1.82) is 0 Å². The highest BCUT2D eigenvalue weighted by Gasteiger charge is 2.41. The minimum atomic E-state index is -1.73. The first kappa shape index (κ1) is 24.2. The van der Waals surface area contributed by atoms with E-state index >= 15 is 0 Å². The summed E-state index contributed by atoms with van der Waals surface area (Å²) in [6, 6.07) is 8.99. The Morgan fingerprint density at radius 1 is 1.26 bits per heavy atom. The summed E-state index contributed by atoms with van der Waals surface area (Å²) in [6.07, 6.45) is 2.04. The number of rotatable bonds is 8. The average molecular weight is 493 g/mol. The lowest BCUT2D eigenvalue weighted by atomic mass is 9.90. The summed E-state index contributed by atoms with van der Waals surface area (Å²) >= 11 is 1.35. The minimum absolute atomic E-state index is 0.0264. The first-order chi connectivity index (χ1) is 16.3. The number of non-ortho nitro benzene ring substituents is 1. The van der Waals surface area contributed by atoms with Crippen LogP contribution < -0.4 is 0 Å². The highest BCUT2D eigenvalue weighted by Crippen LogP contribution is 2.39. The van der Waals surface area contributed by atoms with Gasteiger partial charge in [0.25, 0.3) is 5.69 Å². The van der Waals surface area contributed by atoms with E-state index in [1.54, 1.807) is 19.1 Å². The fourth-order valence-electron chi connectivity index (χ4n) is 3.75. The van der Waals surface area contributed by atoms with Crippen LogP contribution in [0.15, 0.2) is 55.1 Å². The lowest BCUT2D eigenvalue weighted by molar-refractivity contribution is -0.384. The van der Waals surface area contributed by atoms with Gasteiger partial charge in [0.15, 0.2) is 6.29 Å². The van der Waals surface area contributed by atoms with Crippen LogP contribution in [0.1, 0.15) is 24.3 Å². The largest absolute Gasteiger partial charge is 0.382 e. The Morgan fingerprint density at radius 2 is 1.97 bits per heavy atom. The summed E-state index contributed by atoms with van der Waals surface area (Å²) in [5, 5.41) is 25.7. The van der Waals surface area contributed by atoms with Crippen LogP contribution in [0.3, 0.4) is 0 Å². The Labute approximate surface area is 197 Å². The summed E-state index contributed by atoms with van der Waals surface area (Å²) < 4.78 is 41.2. The summed E-state index contributed by atoms with van der Waals surface area (Å²) in [4.78, 5) is 14.2. The molecular formula is C22H22F2N4O5S. The zero-order chi connectivity index (χ0) is 24.3. The number of hydrogen-bond acceptors (Lipinski definition) is 8. The van der Waals surface area contributed by atoms with E-state index in [1.807, 2.05) is 0 Å². The molecule has 9 nitrogen and oxygen atoms in total. The van der Waals surface area contributed by atoms with E-state index in [-0.39, 0.29) is 36.3 Å². The Hall–Kier alpha value is -2.93. The van der Waals surface area contributed by atoms with Crippen molar-refractivity contribution >= 4 is 17.4 Å². The summed E-state index contributed by atoms with van der Waals surface area (Å²) in [7, 11) is 0. The van der Waals surface area contributed by atoms with Crippen molar-refractivity contribution in [2.45, 2.75) is 35.9 Å². The van der Waals surface area contributed by atoms with Crippen molar-refractivity contribution in [3.8, 4) is 0 Å². The van der Waals surface area contributed by atoms with Gasteiger partial charge in [0, 0.05) is 34.6 Å². The van der Waals surface area contributed by atoms with E-state index in [0.29, 0.717) is 5.56 Å². The quantitative estimate of drug-likeness (QED) is 0.375. The number of hydrogen-bond donors (Lipinski definition) is 1. The number of aromatic nitrogens is 3. The zero-order valence-corrected chi connectivity index (χ0v) is 18.9. The fourth-order valence-corrected chi connectivity index (χ4v) is 5.06. The minimum Gasteiger partial charge on any atom is -0.382 e. The summed E-state index contributed by atoms with van der Waals surface area (Å²) in [5.74, 6) is -1.60. The molecule has 1 aliphatic heterocycles. The molecule has 2 aromatic carbocycles. The molecule has 1 saturated heterocycles. The third-order valence-corrected chi connectivity index (χ3v) is 7.03. The standard InChI is InChI=1S/C22H22F2N4O5S/c1-14(22(29,11-27-13-25-12-26-27)19-7-4-16(23)8-20(19)24)34-18-9-32-21(33-10-18)15-2-5-17(6-3-15)28(30)31/h2-8,12-14,18,21,29H,9-11H2,1H3/t14-,18?,21?,22-/m1/s1. The van der Waals surface area contributed by atoms with Gasteiger partial charge < -0.3 is 14.6 Å². The molecule has 4 rings (SSSR count). The van der Waals surface area contributed by atoms with E-state index in [9.17, 15) is 24.0 Å². The van der Waals surface area contributed by atoms with Crippen LogP contribution in [0.5, 0.6) is 0 Å². The molecule has 0 spiro atoms. The molecule has 2 heterocycles. The van der Waals surface area contributed by atoms with Crippen LogP contribution in [-0.4, -0.2) is 48.5 Å².